The number of rotatable bonds is 4. The van der Waals surface area contributed by atoms with E-state index in [1.807, 2.05) is 6.07 Å². The Morgan fingerprint density at radius 3 is 2.79 bits per heavy atom. The summed E-state index contributed by atoms with van der Waals surface area (Å²) in [5.74, 6) is 0.0379. The van der Waals surface area contributed by atoms with E-state index < -0.39 is 11.9 Å². The largest absolute Gasteiger partial charge is 0.481 e. The van der Waals surface area contributed by atoms with Crippen LogP contribution in [0.3, 0.4) is 0 Å². The van der Waals surface area contributed by atoms with Gasteiger partial charge in [0.25, 0.3) is 5.91 Å². The molecule has 2 aromatic rings. The number of nitrogens with zero attached hydrogens (tertiary/aromatic N) is 3. The van der Waals surface area contributed by atoms with Gasteiger partial charge in [0, 0.05) is 30.1 Å². The van der Waals surface area contributed by atoms with Gasteiger partial charge in [-0.3, -0.25) is 9.59 Å². The van der Waals surface area contributed by atoms with E-state index in [0.717, 1.165) is 18.4 Å². The Bertz CT molecular complexity index is 797. The molecule has 7 nitrogen and oxygen atoms in total. The summed E-state index contributed by atoms with van der Waals surface area (Å²) in [6, 6.07) is 7.07. The lowest BCUT2D eigenvalue weighted by Crippen LogP contribution is -2.29. The summed E-state index contributed by atoms with van der Waals surface area (Å²) in [4.78, 5) is 29.6. The van der Waals surface area contributed by atoms with Crippen molar-refractivity contribution in [1.82, 2.24) is 15.0 Å². The zero-order valence-electron chi connectivity index (χ0n) is 13.0. The predicted octanol–water partition coefficient (Wildman–Crippen LogP) is 2.16. The number of amides is 1. The molecule has 0 radical (unpaired) electrons. The van der Waals surface area contributed by atoms with Crippen molar-refractivity contribution in [3.63, 3.8) is 0 Å². The van der Waals surface area contributed by atoms with Crippen LogP contribution in [0.5, 0.6) is 0 Å². The number of aromatic nitrogens is 2. The van der Waals surface area contributed by atoms with Crippen molar-refractivity contribution in [3.05, 3.63) is 35.7 Å². The highest BCUT2D eigenvalue weighted by atomic mass is 16.5. The molecule has 1 aliphatic carbocycles. The summed E-state index contributed by atoms with van der Waals surface area (Å²) >= 11 is 0. The topological polar surface area (TPSA) is 96.5 Å². The molecule has 24 heavy (non-hydrogen) atoms. The second-order valence-electron chi connectivity index (χ2n) is 6.39. The number of carbonyl (C=O) groups is 2. The highest BCUT2D eigenvalue weighted by Crippen LogP contribution is 2.39. The van der Waals surface area contributed by atoms with Crippen LogP contribution in [-0.4, -0.2) is 45.1 Å². The maximum Gasteiger partial charge on any atom is 0.308 e. The van der Waals surface area contributed by atoms with Gasteiger partial charge in [0.15, 0.2) is 0 Å². The number of carbonyl (C=O) groups excluding carboxylic acids is 1. The highest BCUT2D eigenvalue weighted by Gasteiger charge is 2.32. The summed E-state index contributed by atoms with van der Waals surface area (Å²) < 4.78 is 5.26. The Hall–Kier alpha value is -2.70. The van der Waals surface area contributed by atoms with Gasteiger partial charge in [0.1, 0.15) is 0 Å². The van der Waals surface area contributed by atoms with Crippen LogP contribution in [0.2, 0.25) is 0 Å². The first kappa shape index (κ1) is 14.9. The predicted molar refractivity (Wildman–Crippen MR) is 83.4 cm³/mol. The Morgan fingerprint density at radius 1 is 1.25 bits per heavy atom. The van der Waals surface area contributed by atoms with Gasteiger partial charge in [-0.25, -0.2) is 0 Å². The lowest BCUT2D eigenvalue weighted by atomic mass is 10.1. The van der Waals surface area contributed by atoms with Gasteiger partial charge in [-0.15, -0.1) is 0 Å². The second-order valence-corrected chi connectivity index (χ2v) is 6.39. The SMILES string of the molecule is O=C(O)[C@H]1CCN(C(=O)c2cccc(-c3noc(C4CC4)n3)c2)C1. The summed E-state index contributed by atoms with van der Waals surface area (Å²) in [7, 11) is 0. The smallest absolute Gasteiger partial charge is 0.308 e. The fraction of sp³-hybridized carbons (Fsp3) is 0.412. The molecule has 0 unspecified atom stereocenters. The molecule has 1 aliphatic heterocycles. The molecule has 1 N–H and O–H groups in total. The molecule has 2 fully saturated rings. The van der Waals surface area contributed by atoms with Crippen LogP contribution < -0.4 is 0 Å². The van der Waals surface area contributed by atoms with Crippen LogP contribution in [-0.2, 0) is 4.79 Å². The van der Waals surface area contributed by atoms with Crippen LogP contribution in [0.25, 0.3) is 11.4 Å². The molecule has 0 spiro atoms. The molecule has 124 valence electrons. The van der Waals surface area contributed by atoms with Crippen molar-refractivity contribution < 1.29 is 19.2 Å². The summed E-state index contributed by atoms with van der Waals surface area (Å²) in [5.41, 5.74) is 1.24. The van der Waals surface area contributed by atoms with Gasteiger partial charge in [0.05, 0.1) is 5.92 Å². The minimum atomic E-state index is -0.849. The Labute approximate surface area is 138 Å². The first-order valence-corrected chi connectivity index (χ1v) is 8.08. The molecule has 1 atom stereocenters. The van der Waals surface area contributed by atoms with E-state index in [9.17, 15) is 9.59 Å². The Balaban J connectivity index is 1.53. The third kappa shape index (κ3) is 2.77. The molecule has 0 bridgehead atoms. The first-order valence-electron chi connectivity index (χ1n) is 8.08. The van der Waals surface area contributed by atoms with Crippen LogP contribution >= 0.6 is 0 Å². The summed E-state index contributed by atoms with van der Waals surface area (Å²) in [6.07, 6.45) is 2.66. The molecule has 1 saturated heterocycles. The van der Waals surface area contributed by atoms with E-state index >= 15 is 0 Å². The van der Waals surface area contributed by atoms with Crippen molar-refractivity contribution in [3.8, 4) is 11.4 Å². The van der Waals surface area contributed by atoms with Crippen molar-refractivity contribution in [2.24, 2.45) is 5.92 Å². The number of aliphatic carboxylic acids is 1. The number of hydrogen-bond donors (Lipinski definition) is 1. The zero-order chi connectivity index (χ0) is 16.7. The lowest BCUT2D eigenvalue weighted by molar-refractivity contribution is -0.141. The quantitative estimate of drug-likeness (QED) is 0.924. The van der Waals surface area contributed by atoms with E-state index in [0.29, 0.717) is 36.2 Å². The van der Waals surface area contributed by atoms with E-state index in [-0.39, 0.29) is 12.5 Å². The minimum absolute atomic E-state index is 0.161. The van der Waals surface area contributed by atoms with E-state index in [4.69, 9.17) is 9.63 Å². The molecule has 2 heterocycles. The zero-order valence-corrected chi connectivity index (χ0v) is 13.0. The van der Waals surface area contributed by atoms with Crippen LogP contribution in [0.1, 0.15) is 41.4 Å². The Kier molecular flexibility index (Phi) is 3.55. The maximum atomic E-state index is 12.6. The average Bonchev–Trinajstić information content (AvgIpc) is 3.13. The minimum Gasteiger partial charge on any atom is -0.481 e. The van der Waals surface area contributed by atoms with Gasteiger partial charge in [0.2, 0.25) is 11.7 Å². The van der Waals surface area contributed by atoms with Crippen molar-refractivity contribution >= 4 is 11.9 Å². The molecular formula is C17H17N3O4. The molecule has 7 heteroatoms. The molecule has 2 aliphatic rings. The third-order valence-corrected chi connectivity index (χ3v) is 4.56. The molecule has 1 aromatic heterocycles. The molecular weight excluding hydrogens is 310 g/mol. The number of likely N-dealkylation sites (tertiary alicyclic amines) is 1. The molecule has 1 aromatic carbocycles. The summed E-state index contributed by atoms with van der Waals surface area (Å²) in [5, 5.41) is 13.1. The Morgan fingerprint density at radius 2 is 2.08 bits per heavy atom. The molecule has 4 rings (SSSR count). The van der Waals surface area contributed by atoms with E-state index in [1.165, 1.54) is 0 Å². The summed E-state index contributed by atoms with van der Waals surface area (Å²) in [6.45, 7) is 0.723. The van der Waals surface area contributed by atoms with Crippen molar-refractivity contribution in [1.29, 1.82) is 0 Å². The fourth-order valence-electron chi connectivity index (χ4n) is 2.97. The van der Waals surface area contributed by atoms with Crippen LogP contribution in [0, 0.1) is 5.92 Å². The fourth-order valence-corrected chi connectivity index (χ4v) is 2.97. The molecule has 1 amide bonds. The van der Waals surface area contributed by atoms with Gasteiger partial charge >= 0.3 is 5.97 Å². The maximum absolute atomic E-state index is 12.6. The normalized spacial score (nSPS) is 20.3. The van der Waals surface area contributed by atoms with Gasteiger partial charge in [-0.2, -0.15) is 4.98 Å². The average molecular weight is 327 g/mol. The molecule has 1 saturated carbocycles. The lowest BCUT2D eigenvalue weighted by Gasteiger charge is -2.16. The standard InChI is InChI=1S/C17H17N3O4/c21-16(20-7-6-13(9-20)17(22)23)12-3-1-2-11(8-12)14-18-15(24-19-14)10-4-5-10/h1-3,8,10,13H,4-7,9H2,(H,22,23)/t13-/m0/s1. The van der Waals surface area contributed by atoms with E-state index in [2.05, 4.69) is 10.1 Å². The monoisotopic (exact) mass is 327 g/mol. The van der Waals surface area contributed by atoms with Crippen molar-refractivity contribution in [2.75, 3.05) is 13.1 Å². The number of carboxylic acids is 1. The van der Waals surface area contributed by atoms with Gasteiger partial charge < -0.3 is 14.5 Å². The van der Waals surface area contributed by atoms with Crippen molar-refractivity contribution in [2.45, 2.75) is 25.2 Å². The van der Waals surface area contributed by atoms with Gasteiger partial charge in [-0.1, -0.05) is 17.3 Å². The van der Waals surface area contributed by atoms with Crippen LogP contribution in [0.4, 0.5) is 0 Å². The van der Waals surface area contributed by atoms with Crippen LogP contribution in [0.15, 0.2) is 28.8 Å². The third-order valence-electron chi connectivity index (χ3n) is 4.56. The highest BCUT2D eigenvalue weighted by molar-refractivity contribution is 5.95. The second kappa shape index (κ2) is 5.74. The number of carboxylic acid groups (broad SMARTS) is 1. The number of benzene rings is 1. The van der Waals surface area contributed by atoms with Gasteiger partial charge in [-0.05, 0) is 31.4 Å². The first-order chi connectivity index (χ1) is 11.6. The van der Waals surface area contributed by atoms with E-state index in [1.54, 1.807) is 23.1 Å². The number of hydrogen-bond acceptors (Lipinski definition) is 5.